The van der Waals surface area contributed by atoms with Gasteiger partial charge < -0.3 is 15.4 Å². The molecule has 2 atom stereocenters. The molecule has 96 valence electrons. The van der Waals surface area contributed by atoms with Gasteiger partial charge in [0.05, 0.1) is 5.92 Å². The van der Waals surface area contributed by atoms with Crippen molar-refractivity contribution in [2.75, 3.05) is 0 Å². The summed E-state index contributed by atoms with van der Waals surface area (Å²) in [6.45, 7) is 3.72. The molecule has 0 aliphatic rings. The van der Waals surface area contributed by atoms with Crippen molar-refractivity contribution in [2.45, 2.75) is 25.8 Å². The van der Waals surface area contributed by atoms with E-state index in [0.29, 0.717) is 11.5 Å². The van der Waals surface area contributed by atoms with Gasteiger partial charge in [0.15, 0.2) is 11.6 Å². The van der Waals surface area contributed by atoms with Gasteiger partial charge in [-0.3, -0.25) is 0 Å². The van der Waals surface area contributed by atoms with Crippen LogP contribution in [-0.4, -0.2) is 21.3 Å². The van der Waals surface area contributed by atoms with E-state index in [1.54, 1.807) is 0 Å². The third kappa shape index (κ3) is 2.33. The van der Waals surface area contributed by atoms with Gasteiger partial charge in [-0.1, -0.05) is 12.1 Å². The molecule has 18 heavy (non-hydrogen) atoms. The number of hydrogen-bond acceptors (Lipinski definition) is 5. The van der Waals surface area contributed by atoms with Crippen molar-refractivity contribution in [2.24, 2.45) is 5.73 Å². The van der Waals surface area contributed by atoms with Crippen molar-refractivity contribution in [1.29, 1.82) is 0 Å². The Labute approximate surface area is 103 Å². The fourth-order valence-corrected chi connectivity index (χ4v) is 1.41. The van der Waals surface area contributed by atoms with E-state index in [4.69, 9.17) is 15.4 Å². The maximum atomic E-state index is 13.2. The molecular weight excluding hydrogens is 237 g/mol. The van der Waals surface area contributed by atoms with Crippen LogP contribution in [0.4, 0.5) is 4.39 Å². The quantitative estimate of drug-likeness (QED) is 0.871. The Morgan fingerprint density at radius 3 is 2.72 bits per heavy atom. The first-order valence-corrected chi connectivity index (χ1v) is 5.57. The first-order valence-electron chi connectivity index (χ1n) is 5.57. The maximum absolute atomic E-state index is 13.2. The number of rotatable bonds is 3. The molecule has 0 aliphatic heterocycles. The number of halogens is 1. The number of aromatic nitrogens is 2. The van der Waals surface area contributed by atoms with E-state index in [9.17, 15) is 4.39 Å². The second kappa shape index (κ2) is 4.73. The van der Waals surface area contributed by atoms with E-state index in [2.05, 4.69) is 10.1 Å². The lowest BCUT2D eigenvalue weighted by molar-refractivity contribution is 0.346. The number of phenolic OH excluding ortho intramolecular Hbond substituents is 1. The van der Waals surface area contributed by atoms with Crippen LogP contribution < -0.4 is 5.73 Å². The van der Waals surface area contributed by atoms with Crippen LogP contribution in [0.25, 0.3) is 11.4 Å². The summed E-state index contributed by atoms with van der Waals surface area (Å²) in [6.07, 6.45) is 0. The summed E-state index contributed by atoms with van der Waals surface area (Å²) in [5.74, 6) is -0.524. The Balaban J connectivity index is 2.32. The molecule has 0 saturated heterocycles. The topological polar surface area (TPSA) is 85.2 Å². The third-order valence-corrected chi connectivity index (χ3v) is 2.83. The van der Waals surface area contributed by atoms with Crippen molar-refractivity contribution in [3.8, 4) is 17.1 Å². The minimum absolute atomic E-state index is 0.0757. The Hall–Kier alpha value is -1.95. The predicted molar refractivity (Wildman–Crippen MR) is 63.4 cm³/mol. The van der Waals surface area contributed by atoms with Gasteiger partial charge in [0, 0.05) is 11.6 Å². The van der Waals surface area contributed by atoms with E-state index in [0.717, 1.165) is 6.07 Å². The average Bonchev–Trinajstić information content (AvgIpc) is 2.81. The second-order valence-electron chi connectivity index (χ2n) is 4.27. The summed E-state index contributed by atoms with van der Waals surface area (Å²) >= 11 is 0. The van der Waals surface area contributed by atoms with E-state index in [1.165, 1.54) is 12.1 Å². The summed E-state index contributed by atoms with van der Waals surface area (Å²) in [7, 11) is 0. The zero-order valence-corrected chi connectivity index (χ0v) is 10.1. The number of phenols is 1. The first kappa shape index (κ1) is 12.5. The van der Waals surface area contributed by atoms with E-state index < -0.39 is 11.6 Å². The Morgan fingerprint density at radius 1 is 1.39 bits per heavy atom. The van der Waals surface area contributed by atoms with Gasteiger partial charge in [-0.2, -0.15) is 4.98 Å². The van der Waals surface area contributed by atoms with Crippen LogP contribution in [0.2, 0.25) is 0 Å². The van der Waals surface area contributed by atoms with Crippen molar-refractivity contribution < 1.29 is 14.0 Å². The molecule has 1 aromatic heterocycles. The molecule has 6 heteroatoms. The lowest BCUT2D eigenvalue weighted by Gasteiger charge is -2.09. The first-order chi connectivity index (χ1) is 8.49. The highest BCUT2D eigenvalue weighted by Crippen LogP contribution is 2.24. The third-order valence-electron chi connectivity index (χ3n) is 2.83. The SMILES string of the molecule is CC(N)C(C)c1nc(-c2ccc(O)c(F)c2)no1. The lowest BCUT2D eigenvalue weighted by atomic mass is 10.1. The molecule has 0 aliphatic carbocycles. The number of nitrogens with zero attached hydrogens (tertiary/aromatic N) is 2. The van der Waals surface area contributed by atoms with Gasteiger partial charge in [0.1, 0.15) is 0 Å². The Kier molecular flexibility index (Phi) is 3.29. The molecule has 0 saturated carbocycles. The molecule has 5 nitrogen and oxygen atoms in total. The average molecular weight is 251 g/mol. The number of benzene rings is 1. The summed E-state index contributed by atoms with van der Waals surface area (Å²) in [5, 5.41) is 12.9. The number of nitrogens with two attached hydrogens (primary N) is 1. The van der Waals surface area contributed by atoms with E-state index in [-0.39, 0.29) is 17.8 Å². The van der Waals surface area contributed by atoms with Crippen LogP contribution in [-0.2, 0) is 0 Å². The lowest BCUT2D eigenvalue weighted by Crippen LogP contribution is -2.22. The van der Waals surface area contributed by atoms with Crippen molar-refractivity contribution in [3.63, 3.8) is 0 Å². The standard InChI is InChI=1S/C12H14FN3O2/c1-6(7(2)14)12-15-11(16-18-12)8-3-4-10(17)9(13)5-8/h3-7,17H,14H2,1-2H3. The molecule has 0 fully saturated rings. The van der Waals surface area contributed by atoms with Gasteiger partial charge in [-0.05, 0) is 25.1 Å². The molecule has 1 heterocycles. The van der Waals surface area contributed by atoms with Crippen LogP contribution >= 0.6 is 0 Å². The fraction of sp³-hybridized carbons (Fsp3) is 0.333. The largest absolute Gasteiger partial charge is 0.505 e. The normalized spacial score (nSPS) is 14.4. The molecule has 0 spiro atoms. The summed E-state index contributed by atoms with van der Waals surface area (Å²) < 4.78 is 18.3. The van der Waals surface area contributed by atoms with Crippen molar-refractivity contribution in [1.82, 2.24) is 10.1 Å². The molecule has 2 aromatic rings. The molecule has 0 amide bonds. The smallest absolute Gasteiger partial charge is 0.231 e. The predicted octanol–water partition coefficient (Wildman–Crippen LogP) is 2.03. The second-order valence-corrected chi connectivity index (χ2v) is 4.27. The van der Waals surface area contributed by atoms with Gasteiger partial charge in [0.2, 0.25) is 11.7 Å². The molecule has 1 aromatic carbocycles. The molecule has 0 bridgehead atoms. The zero-order chi connectivity index (χ0) is 13.3. The minimum atomic E-state index is -0.723. The highest BCUT2D eigenvalue weighted by atomic mass is 19.1. The Bertz CT molecular complexity index is 554. The van der Waals surface area contributed by atoms with Crippen LogP contribution in [0.15, 0.2) is 22.7 Å². The summed E-state index contributed by atoms with van der Waals surface area (Å²) in [5.41, 5.74) is 6.18. The van der Waals surface area contributed by atoms with Crippen molar-refractivity contribution >= 4 is 0 Å². The van der Waals surface area contributed by atoms with Crippen LogP contribution in [0.3, 0.4) is 0 Å². The van der Waals surface area contributed by atoms with Crippen LogP contribution in [0.1, 0.15) is 25.7 Å². The number of hydrogen-bond donors (Lipinski definition) is 2. The van der Waals surface area contributed by atoms with E-state index in [1.807, 2.05) is 13.8 Å². The van der Waals surface area contributed by atoms with Crippen molar-refractivity contribution in [3.05, 3.63) is 29.9 Å². The zero-order valence-electron chi connectivity index (χ0n) is 10.1. The van der Waals surface area contributed by atoms with Gasteiger partial charge >= 0.3 is 0 Å². The van der Waals surface area contributed by atoms with Crippen LogP contribution in [0, 0.1) is 5.82 Å². The number of aromatic hydroxyl groups is 1. The molecule has 2 rings (SSSR count). The fourth-order valence-electron chi connectivity index (χ4n) is 1.41. The molecule has 3 N–H and O–H groups in total. The van der Waals surface area contributed by atoms with Gasteiger partial charge in [0.25, 0.3) is 0 Å². The Morgan fingerprint density at radius 2 is 2.11 bits per heavy atom. The molecular formula is C12H14FN3O2. The summed E-state index contributed by atoms with van der Waals surface area (Å²) in [4.78, 5) is 4.17. The molecule has 0 radical (unpaired) electrons. The van der Waals surface area contributed by atoms with Gasteiger partial charge in [-0.15, -0.1) is 0 Å². The highest BCUT2D eigenvalue weighted by molar-refractivity contribution is 5.55. The van der Waals surface area contributed by atoms with E-state index >= 15 is 0 Å². The summed E-state index contributed by atoms with van der Waals surface area (Å²) in [6, 6.07) is 3.80. The van der Waals surface area contributed by atoms with Crippen LogP contribution in [0.5, 0.6) is 5.75 Å². The highest BCUT2D eigenvalue weighted by Gasteiger charge is 2.18. The monoisotopic (exact) mass is 251 g/mol. The molecule has 2 unspecified atom stereocenters. The van der Waals surface area contributed by atoms with Gasteiger partial charge in [-0.25, -0.2) is 4.39 Å². The minimum Gasteiger partial charge on any atom is -0.505 e. The maximum Gasteiger partial charge on any atom is 0.231 e.